The molecule has 0 radical (unpaired) electrons. The average Bonchev–Trinajstić information content (AvgIpc) is 2.89. The fraction of sp³-hybridized carbons (Fsp3) is 0.769. The second kappa shape index (κ2) is 3.71. The van der Waals surface area contributed by atoms with Gasteiger partial charge in [-0.25, -0.2) is 4.79 Å². The Hall–Kier alpha value is -1.59. The lowest BCUT2D eigenvalue weighted by Crippen LogP contribution is -2.43. The number of hydrogen-bond donors (Lipinski definition) is 0. The number of urea groups is 1. The summed E-state index contributed by atoms with van der Waals surface area (Å²) in [6.45, 7) is 1.22. The second-order valence-corrected chi connectivity index (χ2v) is 5.98. The number of amides is 4. The minimum absolute atomic E-state index is 0.0852. The van der Waals surface area contributed by atoms with Crippen LogP contribution in [0.3, 0.4) is 0 Å². The molecule has 4 aliphatic rings. The molecule has 6 heteroatoms. The summed E-state index contributed by atoms with van der Waals surface area (Å²) in [6.07, 6.45) is 4.13. The lowest BCUT2D eigenvalue weighted by molar-refractivity contribution is -0.129. The van der Waals surface area contributed by atoms with E-state index in [0.29, 0.717) is 25.6 Å². The van der Waals surface area contributed by atoms with Crippen LogP contribution in [-0.4, -0.2) is 63.8 Å². The Kier molecular flexibility index (Phi) is 2.20. The van der Waals surface area contributed by atoms with Crippen molar-refractivity contribution in [3.63, 3.8) is 0 Å². The largest absolute Gasteiger partial charge is 0.338 e. The third-order valence-corrected chi connectivity index (χ3v) is 4.72. The van der Waals surface area contributed by atoms with Gasteiger partial charge in [0.15, 0.2) is 0 Å². The van der Waals surface area contributed by atoms with Gasteiger partial charge in [0, 0.05) is 25.6 Å². The summed E-state index contributed by atoms with van der Waals surface area (Å²) in [6, 6.07) is -0.302. The van der Waals surface area contributed by atoms with E-state index in [0.717, 1.165) is 25.7 Å². The van der Waals surface area contributed by atoms with Crippen LogP contribution in [0.4, 0.5) is 4.79 Å². The summed E-state index contributed by atoms with van der Waals surface area (Å²) in [5.74, 6) is 0.0121. The van der Waals surface area contributed by atoms with Gasteiger partial charge in [0.1, 0.15) is 6.04 Å². The van der Waals surface area contributed by atoms with E-state index in [2.05, 4.69) is 0 Å². The Balaban J connectivity index is 1.55. The van der Waals surface area contributed by atoms with Crippen LogP contribution in [0.2, 0.25) is 0 Å². The van der Waals surface area contributed by atoms with Crippen LogP contribution < -0.4 is 0 Å². The first kappa shape index (κ1) is 11.3. The molecule has 0 aromatic heterocycles. The van der Waals surface area contributed by atoms with E-state index in [1.54, 1.807) is 4.90 Å². The second-order valence-electron chi connectivity index (χ2n) is 5.98. The number of imide groups is 1. The van der Waals surface area contributed by atoms with Crippen LogP contribution in [0, 0.1) is 0 Å². The van der Waals surface area contributed by atoms with Gasteiger partial charge < -0.3 is 9.80 Å². The van der Waals surface area contributed by atoms with Gasteiger partial charge in [-0.15, -0.1) is 0 Å². The first-order valence-corrected chi connectivity index (χ1v) is 7.10. The molecule has 3 saturated heterocycles. The van der Waals surface area contributed by atoms with Crippen molar-refractivity contribution in [2.24, 2.45) is 0 Å². The summed E-state index contributed by atoms with van der Waals surface area (Å²) in [5, 5.41) is 0. The molecule has 4 fully saturated rings. The van der Waals surface area contributed by atoms with Crippen LogP contribution in [-0.2, 0) is 9.59 Å². The molecule has 4 amide bonds. The Bertz CT molecular complexity index is 452. The van der Waals surface area contributed by atoms with Gasteiger partial charge in [0.25, 0.3) is 5.91 Å². The molecule has 1 aliphatic carbocycles. The molecular weight excluding hydrogens is 246 g/mol. The van der Waals surface area contributed by atoms with Crippen molar-refractivity contribution in [1.82, 2.24) is 14.7 Å². The highest BCUT2D eigenvalue weighted by molar-refractivity contribution is 6.05. The maximum Gasteiger partial charge on any atom is 0.327 e. The Morgan fingerprint density at radius 2 is 1.74 bits per heavy atom. The van der Waals surface area contributed by atoms with E-state index in [4.69, 9.17) is 0 Å². The third-order valence-electron chi connectivity index (χ3n) is 4.72. The first-order valence-electron chi connectivity index (χ1n) is 7.10. The standard InChI is InChI=1S/C13H17N3O3/c17-11-6-9(7-15(11)8-3-4-8)16-12(18)10-2-1-5-14(10)13(16)19/h8-10H,1-7H2/t9-,10-/m1/s1. The van der Waals surface area contributed by atoms with Crippen LogP contribution in [0.1, 0.15) is 32.1 Å². The van der Waals surface area contributed by atoms with Crippen molar-refractivity contribution in [3.05, 3.63) is 0 Å². The highest BCUT2D eigenvalue weighted by Crippen LogP contribution is 2.35. The molecule has 102 valence electrons. The molecule has 19 heavy (non-hydrogen) atoms. The monoisotopic (exact) mass is 263 g/mol. The third kappa shape index (κ3) is 1.52. The molecule has 0 aromatic carbocycles. The van der Waals surface area contributed by atoms with Gasteiger partial charge in [-0.3, -0.25) is 14.5 Å². The number of fused-ring (bicyclic) bond motifs is 1. The summed E-state index contributed by atoms with van der Waals surface area (Å²) < 4.78 is 0. The van der Waals surface area contributed by atoms with Crippen molar-refractivity contribution >= 4 is 17.8 Å². The molecular formula is C13H17N3O3. The zero-order valence-electron chi connectivity index (χ0n) is 10.7. The summed E-state index contributed by atoms with van der Waals surface area (Å²) >= 11 is 0. The molecule has 0 spiro atoms. The zero-order chi connectivity index (χ0) is 13.1. The van der Waals surface area contributed by atoms with Gasteiger partial charge in [-0.05, 0) is 25.7 Å². The predicted molar refractivity (Wildman–Crippen MR) is 65.1 cm³/mol. The topological polar surface area (TPSA) is 60.9 Å². The first-order chi connectivity index (χ1) is 9.16. The van der Waals surface area contributed by atoms with Crippen molar-refractivity contribution in [2.75, 3.05) is 13.1 Å². The van der Waals surface area contributed by atoms with Crippen LogP contribution in [0.25, 0.3) is 0 Å². The Morgan fingerprint density at radius 3 is 2.42 bits per heavy atom. The van der Waals surface area contributed by atoms with Gasteiger partial charge >= 0.3 is 6.03 Å². The van der Waals surface area contributed by atoms with Crippen molar-refractivity contribution < 1.29 is 14.4 Å². The van der Waals surface area contributed by atoms with Gasteiger partial charge in [-0.1, -0.05) is 0 Å². The molecule has 0 aromatic rings. The highest BCUT2D eigenvalue weighted by Gasteiger charge is 2.53. The van der Waals surface area contributed by atoms with E-state index in [1.807, 2.05) is 4.90 Å². The molecule has 0 unspecified atom stereocenters. The molecule has 6 nitrogen and oxygen atoms in total. The fourth-order valence-corrected chi connectivity index (χ4v) is 3.61. The number of likely N-dealkylation sites (tertiary alicyclic amines) is 1. The Morgan fingerprint density at radius 1 is 0.947 bits per heavy atom. The normalized spacial score (nSPS) is 34.7. The summed E-state index contributed by atoms with van der Waals surface area (Å²) in [4.78, 5) is 41.4. The highest BCUT2D eigenvalue weighted by atomic mass is 16.2. The lowest BCUT2D eigenvalue weighted by atomic mass is 10.2. The van der Waals surface area contributed by atoms with E-state index in [9.17, 15) is 14.4 Å². The maximum absolute atomic E-state index is 12.3. The summed E-state index contributed by atoms with van der Waals surface area (Å²) in [5.41, 5.74) is 0. The zero-order valence-corrected chi connectivity index (χ0v) is 10.7. The minimum Gasteiger partial charge on any atom is -0.338 e. The molecule has 0 bridgehead atoms. The van der Waals surface area contributed by atoms with Crippen LogP contribution in [0.5, 0.6) is 0 Å². The molecule has 3 aliphatic heterocycles. The van der Waals surface area contributed by atoms with Crippen molar-refractivity contribution in [3.8, 4) is 0 Å². The molecule has 2 atom stereocenters. The number of carbonyl (C=O) groups is 3. The molecule has 1 saturated carbocycles. The van der Waals surface area contributed by atoms with Gasteiger partial charge in [0.2, 0.25) is 5.91 Å². The van der Waals surface area contributed by atoms with Crippen LogP contribution in [0.15, 0.2) is 0 Å². The number of hydrogen-bond acceptors (Lipinski definition) is 3. The number of carbonyl (C=O) groups excluding carboxylic acids is 3. The number of nitrogens with zero attached hydrogens (tertiary/aromatic N) is 3. The maximum atomic E-state index is 12.3. The lowest BCUT2D eigenvalue weighted by Gasteiger charge is -2.22. The molecule has 4 rings (SSSR count). The number of rotatable bonds is 2. The van der Waals surface area contributed by atoms with Crippen molar-refractivity contribution in [1.29, 1.82) is 0 Å². The van der Waals surface area contributed by atoms with E-state index < -0.39 is 0 Å². The SMILES string of the molecule is O=C1C[C@@H](N2C(=O)[C@H]3CCCN3C2=O)CN1C1CC1. The quantitative estimate of drug-likeness (QED) is 0.668. The average molecular weight is 263 g/mol. The minimum atomic E-state index is -0.252. The van der Waals surface area contributed by atoms with E-state index in [-0.39, 0.29) is 29.9 Å². The fourth-order valence-electron chi connectivity index (χ4n) is 3.61. The van der Waals surface area contributed by atoms with E-state index in [1.165, 1.54) is 4.90 Å². The smallest absolute Gasteiger partial charge is 0.327 e. The Labute approximate surface area is 111 Å². The molecule has 3 heterocycles. The van der Waals surface area contributed by atoms with Crippen LogP contribution >= 0.6 is 0 Å². The van der Waals surface area contributed by atoms with Crippen molar-refractivity contribution in [2.45, 2.75) is 50.2 Å². The van der Waals surface area contributed by atoms with E-state index >= 15 is 0 Å². The van der Waals surface area contributed by atoms with Gasteiger partial charge in [-0.2, -0.15) is 0 Å². The van der Waals surface area contributed by atoms with Gasteiger partial charge in [0.05, 0.1) is 6.04 Å². The predicted octanol–water partition coefficient (Wildman–Crippen LogP) is 0.176. The summed E-state index contributed by atoms with van der Waals surface area (Å²) in [7, 11) is 0. The molecule has 0 N–H and O–H groups in total.